The van der Waals surface area contributed by atoms with Gasteiger partial charge in [-0.3, -0.25) is 4.79 Å². The van der Waals surface area contributed by atoms with E-state index in [2.05, 4.69) is 38.1 Å². The van der Waals surface area contributed by atoms with Crippen LogP contribution >= 0.6 is 0 Å². The number of carbonyl (C=O) groups excluding carboxylic acids is 2. The topological polar surface area (TPSA) is 49.9 Å². The Balaban J connectivity index is 2.00. The molecule has 0 spiro atoms. The Morgan fingerprint density at radius 3 is 2.39 bits per heavy atom. The number of piperidine rings is 1. The van der Waals surface area contributed by atoms with Crippen molar-refractivity contribution >= 4 is 12.0 Å². The van der Waals surface area contributed by atoms with Crippen LogP contribution in [0.4, 0.5) is 4.79 Å². The van der Waals surface area contributed by atoms with E-state index < -0.39 is 5.60 Å². The molecule has 1 aromatic rings. The molecule has 1 aliphatic rings. The van der Waals surface area contributed by atoms with Crippen LogP contribution in [-0.2, 0) is 16.1 Å². The van der Waals surface area contributed by atoms with Crippen molar-refractivity contribution in [2.24, 2.45) is 5.92 Å². The number of rotatable bonds is 5. The lowest BCUT2D eigenvalue weighted by Gasteiger charge is -2.35. The van der Waals surface area contributed by atoms with E-state index in [9.17, 15) is 9.59 Å². The summed E-state index contributed by atoms with van der Waals surface area (Å²) in [6.07, 6.45) is 1.33. The monoisotopic (exact) mass is 388 g/mol. The first-order valence-corrected chi connectivity index (χ1v) is 10.5. The lowest BCUT2D eigenvalue weighted by Crippen LogP contribution is -2.47. The minimum Gasteiger partial charge on any atom is -0.444 e. The van der Waals surface area contributed by atoms with Crippen LogP contribution in [0, 0.1) is 5.92 Å². The van der Waals surface area contributed by atoms with Gasteiger partial charge in [0.2, 0.25) is 5.91 Å². The van der Waals surface area contributed by atoms with Gasteiger partial charge in [0.15, 0.2) is 0 Å². The maximum absolute atomic E-state index is 13.1. The summed E-state index contributed by atoms with van der Waals surface area (Å²) in [6.45, 7) is 14.3. The van der Waals surface area contributed by atoms with Crippen molar-refractivity contribution in [3.8, 4) is 0 Å². The van der Waals surface area contributed by atoms with Crippen molar-refractivity contribution < 1.29 is 14.3 Å². The van der Waals surface area contributed by atoms with Gasteiger partial charge in [-0.15, -0.1) is 0 Å². The molecule has 1 unspecified atom stereocenters. The van der Waals surface area contributed by atoms with Crippen LogP contribution in [0.3, 0.4) is 0 Å². The number of carbonyl (C=O) groups is 2. The molecule has 0 radical (unpaired) electrons. The molecular weight excluding hydrogens is 352 g/mol. The predicted molar refractivity (Wildman–Crippen MR) is 112 cm³/mol. The van der Waals surface area contributed by atoms with Crippen LogP contribution in [0.1, 0.15) is 71.4 Å². The molecule has 0 bridgehead atoms. The van der Waals surface area contributed by atoms with E-state index in [0.717, 1.165) is 18.4 Å². The predicted octanol–water partition coefficient (Wildman–Crippen LogP) is 4.81. The third-order valence-corrected chi connectivity index (χ3v) is 5.14. The SMILES string of the molecule is CCN(Cc1ccc(C(C)C)cc1)C(=O)C1CCCN(C(=O)OC(C)(C)C)C1. The number of hydrogen-bond acceptors (Lipinski definition) is 3. The Bertz CT molecular complexity index is 661. The first-order valence-electron chi connectivity index (χ1n) is 10.5. The van der Waals surface area contributed by atoms with Gasteiger partial charge in [-0.1, -0.05) is 38.1 Å². The lowest BCUT2D eigenvalue weighted by atomic mass is 9.96. The molecule has 2 rings (SSSR count). The summed E-state index contributed by atoms with van der Waals surface area (Å²) >= 11 is 0. The molecular formula is C23H36N2O3. The van der Waals surface area contributed by atoms with E-state index in [1.807, 2.05) is 32.6 Å². The van der Waals surface area contributed by atoms with Gasteiger partial charge in [0.1, 0.15) is 5.60 Å². The van der Waals surface area contributed by atoms with Gasteiger partial charge in [-0.05, 0) is 57.6 Å². The van der Waals surface area contributed by atoms with Crippen molar-refractivity contribution in [1.82, 2.24) is 9.80 Å². The molecule has 1 atom stereocenters. The van der Waals surface area contributed by atoms with Gasteiger partial charge < -0.3 is 14.5 Å². The van der Waals surface area contributed by atoms with Gasteiger partial charge in [-0.2, -0.15) is 0 Å². The molecule has 1 aromatic carbocycles. The third-order valence-electron chi connectivity index (χ3n) is 5.14. The van der Waals surface area contributed by atoms with Crippen LogP contribution in [0.25, 0.3) is 0 Å². The highest BCUT2D eigenvalue weighted by atomic mass is 16.6. The van der Waals surface area contributed by atoms with Crippen molar-refractivity contribution in [3.05, 3.63) is 35.4 Å². The summed E-state index contributed by atoms with van der Waals surface area (Å²) in [7, 11) is 0. The minimum absolute atomic E-state index is 0.128. The minimum atomic E-state index is -0.522. The number of benzene rings is 1. The third kappa shape index (κ3) is 6.25. The summed E-state index contributed by atoms with van der Waals surface area (Å²) in [5.74, 6) is 0.471. The fourth-order valence-corrected chi connectivity index (χ4v) is 3.50. The van der Waals surface area contributed by atoms with Crippen LogP contribution in [0.15, 0.2) is 24.3 Å². The van der Waals surface area contributed by atoms with Crippen LogP contribution in [-0.4, -0.2) is 47.0 Å². The smallest absolute Gasteiger partial charge is 0.410 e. The first kappa shape index (κ1) is 22.3. The molecule has 0 saturated carbocycles. The van der Waals surface area contributed by atoms with E-state index >= 15 is 0 Å². The summed E-state index contributed by atoms with van der Waals surface area (Å²) in [5, 5.41) is 0. The molecule has 2 amide bonds. The summed E-state index contributed by atoms with van der Waals surface area (Å²) < 4.78 is 5.48. The number of hydrogen-bond donors (Lipinski definition) is 0. The molecule has 5 heteroatoms. The van der Waals surface area contributed by atoms with Gasteiger partial charge in [0.05, 0.1) is 5.92 Å². The maximum Gasteiger partial charge on any atom is 0.410 e. The van der Waals surface area contributed by atoms with Crippen molar-refractivity contribution in [1.29, 1.82) is 0 Å². The first-order chi connectivity index (χ1) is 13.1. The van der Waals surface area contributed by atoms with Gasteiger partial charge in [0, 0.05) is 26.2 Å². The van der Waals surface area contributed by atoms with Crippen LogP contribution < -0.4 is 0 Å². The largest absolute Gasteiger partial charge is 0.444 e. The van der Waals surface area contributed by atoms with E-state index in [4.69, 9.17) is 4.74 Å². The normalized spacial score (nSPS) is 17.5. The second-order valence-corrected chi connectivity index (χ2v) is 9.01. The fraction of sp³-hybridized carbons (Fsp3) is 0.652. The molecule has 5 nitrogen and oxygen atoms in total. The zero-order valence-corrected chi connectivity index (χ0v) is 18.3. The molecule has 28 heavy (non-hydrogen) atoms. The molecule has 1 heterocycles. The van der Waals surface area contributed by atoms with E-state index in [0.29, 0.717) is 32.1 Å². The number of nitrogens with zero attached hydrogens (tertiary/aromatic N) is 2. The summed E-state index contributed by atoms with van der Waals surface area (Å²) in [4.78, 5) is 29.1. The Hall–Kier alpha value is -2.04. The average molecular weight is 389 g/mol. The number of ether oxygens (including phenoxy) is 1. The van der Waals surface area contributed by atoms with Crippen molar-refractivity contribution in [3.63, 3.8) is 0 Å². The highest BCUT2D eigenvalue weighted by Gasteiger charge is 2.32. The second kappa shape index (κ2) is 9.44. The van der Waals surface area contributed by atoms with Crippen molar-refractivity contribution in [2.45, 2.75) is 72.4 Å². The molecule has 0 aromatic heterocycles. The highest BCUT2D eigenvalue weighted by molar-refractivity contribution is 5.80. The molecule has 0 aliphatic carbocycles. The van der Waals surface area contributed by atoms with Gasteiger partial charge in [0.25, 0.3) is 0 Å². The highest BCUT2D eigenvalue weighted by Crippen LogP contribution is 2.22. The Labute approximate surface area is 170 Å². The van der Waals surface area contributed by atoms with Crippen LogP contribution in [0.2, 0.25) is 0 Å². The number of amides is 2. The lowest BCUT2D eigenvalue weighted by molar-refractivity contribution is -0.137. The van der Waals surface area contributed by atoms with E-state index in [1.54, 1.807) is 4.90 Å². The second-order valence-electron chi connectivity index (χ2n) is 9.01. The molecule has 0 N–H and O–H groups in total. The summed E-state index contributed by atoms with van der Waals surface area (Å²) in [5.41, 5.74) is 1.92. The molecule has 156 valence electrons. The fourth-order valence-electron chi connectivity index (χ4n) is 3.50. The van der Waals surface area contributed by atoms with Gasteiger partial charge in [-0.25, -0.2) is 4.79 Å². The van der Waals surface area contributed by atoms with Crippen LogP contribution in [0.5, 0.6) is 0 Å². The van der Waals surface area contributed by atoms with Gasteiger partial charge >= 0.3 is 6.09 Å². The maximum atomic E-state index is 13.1. The zero-order valence-electron chi connectivity index (χ0n) is 18.3. The van der Waals surface area contributed by atoms with Crippen molar-refractivity contribution in [2.75, 3.05) is 19.6 Å². The zero-order chi connectivity index (χ0) is 20.9. The molecule has 1 saturated heterocycles. The molecule has 1 aliphatic heterocycles. The number of likely N-dealkylation sites (tertiary alicyclic amines) is 1. The van der Waals surface area contributed by atoms with E-state index in [-0.39, 0.29) is 17.9 Å². The Kier molecular flexibility index (Phi) is 7.50. The quantitative estimate of drug-likeness (QED) is 0.727. The standard InChI is InChI=1S/C23H36N2O3/c1-7-24(15-18-10-12-19(13-11-18)17(2)3)21(26)20-9-8-14-25(16-20)22(27)28-23(4,5)6/h10-13,17,20H,7-9,14-16H2,1-6H3. The molecule has 1 fully saturated rings. The Morgan fingerprint density at radius 2 is 1.86 bits per heavy atom. The Morgan fingerprint density at radius 1 is 1.21 bits per heavy atom. The van der Waals surface area contributed by atoms with E-state index in [1.165, 1.54) is 5.56 Å². The summed E-state index contributed by atoms with van der Waals surface area (Å²) in [6, 6.07) is 8.50. The average Bonchev–Trinajstić information content (AvgIpc) is 2.64.